The highest BCUT2D eigenvalue weighted by molar-refractivity contribution is 5.95. The van der Waals surface area contributed by atoms with Gasteiger partial charge < -0.3 is 35.1 Å². The van der Waals surface area contributed by atoms with Crippen LogP contribution in [0, 0.1) is 5.82 Å². The number of fused-ring (bicyclic) bond motifs is 1. The molecule has 5 rings (SSSR count). The first-order chi connectivity index (χ1) is 20.2. The molecule has 1 fully saturated rings. The second kappa shape index (κ2) is 10.9. The van der Waals surface area contributed by atoms with E-state index in [0.717, 1.165) is 31.0 Å². The molecule has 228 valence electrons. The minimum atomic E-state index is -5.16. The number of benzene rings is 2. The van der Waals surface area contributed by atoms with Gasteiger partial charge in [-0.05, 0) is 68.3 Å². The summed E-state index contributed by atoms with van der Waals surface area (Å²) in [5, 5.41) is 24.8. The highest BCUT2D eigenvalue weighted by atomic mass is 19.4. The summed E-state index contributed by atoms with van der Waals surface area (Å²) in [6.07, 6.45) is -5.19. The third-order valence-corrected chi connectivity index (χ3v) is 7.18. The summed E-state index contributed by atoms with van der Waals surface area (Å²) < 4.78 is 73.5. The van der Waals surface area contributed by atoms with E-state index in [0.29, 0.717) is 11.5 Å². The van der Waals surface area contributed by atoms with E-state index < -0.39 is 53.8 Å². The average molecular weight is 606 g/mol. The van der Waals surface area contributed by atoms with Gasteiger partial charge in [0.1, 0.15) is 23.7 Å². The molecule has 2 heterocycles. The second-order valence-corrected chi connectivity index (χ2v) is 10.5. The maximum Gasteiger partial charge on any atom is 0.419 e. The summed E-state index contributed by atoms with van der Waals surface area (Å²) in [5.74, 6) is -0.841. The number of carbonyl (C=O) groups excluding carboxylic acids is 1. The van der Waals surface area contributed by atoms with Crippen LogP contribution < -0.4 is 24.8 Å². The van der Waals surface area contributed by atoms with Crippen LogP contribution in [0.3, 0.4) is 0 Å². The van der Waals surface area contributed by atoms with Gasteiger partial charge in [0.15, 0.2) is 17.2 Å². The number of hydrogen-bond donors (Lipinski definition) is 4. The summed E-state index contributed by atoms with van der Waals surface area (Å²) in [7, 11) is 1.42. The molecular formula is C29H27F4N3O7. The van der Waals surface area contributed by atoms with Gasteiger partial charge in [0, 0.05) is 16.7 Å². The van der Waals surface area contributed by atoms with Crippen LogP contribution >= 0.6 is 0 Å². The standard InChI is InChI=1S/C29H27F4N3O7/c1-27(40,13-34-25(37)16-5-10-20(21(11-16)41-2)43-18-8-9-18)22-12-19-24(23(35-22)15-3-6-17(30)7-4-15)42-14-28(19,29(31,32)33)36-26(38)39/h3-7,10-12,18,36,40H,8-9,13-14H2,1-2H3,(H,34,37)(H,38,39)/t27?,28-/m0/s1. The number of nitrogens with zero attached hydrogens (tertiary/aromatic N) is 1. The van der Waals surface area contributed by atoms with Crippen molar-refractivity contribution < 1.29 is 51.6 Å². The Morgan fingerprint density at radius 2 is 1.81 bits per heavy atom. The van der Waals surface area contributed by atoms with Crippen molar-refractivity contribution in [1.82, 2.24) is 15.6 Å². The van der Waals surface area contributed by atoms with Crippen LogP contribution in [0.1, 0.15) is 41.4 Å². The predicted octanol–water partition coefficient (Wildman–Crippen LogP) is 4.49. The molecule has 2 aliphatic rings. The Bertz CT molecular complexity index is 1560. The predicted molar refractivity (Wildman–Crippen MR) is 143 cm³/mol. The van der Waals surface area contributed by atoms with Gasteiger partial charge in [-0.15, -0.1) is 0 Å². The second-order valence-electron chi connectivity index (χ2n) is 10.5. The average Bonchev–Trinajstić information content (AvgIpc) is 3.69. The molecule has 2 aromatic carbocycles. The zero-order valence-corrected chi connectivity index (χ0v) is 22.9. The molecule has 1 aromatic heterocycles. The molecule has 4 N–H and O–H groups in total. The van der Waals surface area contributed by atoms with Gasteiger partial charge in [-0.1, -0.05) is 0 Å². The fraction of sp³-hybridized carbons (Fsp3) is 0.345. The first-order valence-electron chi connectivity index (χ1n) is 13.1. The zero-order valence-electron chi connectivity index (χ0n) is 22.9. The van der Waals surface area contributed by atoms with E-state index in [2.05, 4.69) is 10.3 Å². The number of hydrogen-bond acceptors (Lipinski definition) is 7. The van der Waals surface area contributed by atoms with Crippen LogP contribution in [0.25, 0.3) is 11.3 Å². The number of ether oxygens (including phenoxy) is 3. The minimum absolute atomic E-state index is 0.0930. The van der Waals surface area contributed by atoms with Crippen molar-refractivity contribution in [2.45, 2.75) is 43.2 Å². The van der Waals surface area contributed by atoms with Gasteiger partial charge >= 0.3 is 12.3 Å². The first-order valence-corrected chi connectivity index (χ1v) is 13.1. The number of carbonyl (C=O) groups is 2. The first kappa shape index (κ1) is 29.9. The fourth-order valence-electron chi connectivity index (χ4n) is 4.64. The minimum Gasteiger partial charge on any atom is -0.493 e. The number of nitrogens with one attached hydrogen (secondary N) is 2. The van der Waals surface area contributed by atoms with Crippen LogP contribution in [-0.2, 0) is 11.1 Å². The number of rotatable bonds is 9. The number of methoxy groups -OCH3 is 1. The van der Waals surface area contributed by atoms with Crippen LogP contribution in [-0.4, -0.2) is 59.7 Å². The van der Waals surface area contributed by atoms with Gasteiger partial charge in [-0.25, -0.2) is 14.2 Å². The molecule has 14 heteroatoms. The Hall–Kier alpha value is -4.59. The highest BCUT2D eigenvalue weighted by Gasteiger charge is 2.63. The number of carboxylic acid groups (broad SMARTS) is 1. The van der Waals surface area contributed by atoms with E-state index in [4.69, 9.17) is 14.2 Å². The Morgan fingerprint density at radius 1 is 1.12 bits per heavy atom. The molecule has 1 unspecified atom stereocenters. The number of aromatic nitrogens is 1. The summed E-state index contributed by atoms with van der Waals surface area (Å²) >= 11 is 0. The maximum atomic E-state index is 14.5. The number of amides is 2. The molecule has 43 heavy (non-hydrogen) atoms. The molecule has 0 bridgehead atoms. The van der Waals surface area contributed by atoms with E-state index in [9.17, 15) is 37.4 Å². The normalized spacial score (nSPS) is 19.0. The molecule has 2 atom stereocenters. The SMILES string of the molecule is COc1cc(C(=O)NCC(C)(O)c2cc3c(c(-c4ccc(F)cc4)n2)OC[C@@]3(NC(=O)O)C(F)(F)F)ccc1OC1CC1. The third-order valence-electron chi connectivity index (χ3n) is 7.18. The molecule has 1 saturated carbocycles. The van der Waals surface area contributed by atoms with Crippen molar-refractivity contribution in [3.63, 3.8) is 0 Å². The van der Waals surface area contributed by atoms with Gasteiger partial charge in [0.25, 0.3) is 5.91 Å². The molecule has 2 amide bonds. The van der Waals surface area contributed by atoms with E-state index in [-0.39, 0.29) is 34.4 Å². The molecule has 10 nitrogen and oxygen atoms in total. The lowest BCUT2D eigenvalue weighted by Crippen LogP contribution is -2.57. The van der Waals surface area contributed by atoms with Crippen molar-refractivity contribution in [3.8, 4) is 28.5 Å². The molecule has 0 radical (unpaired) electrons. The van der Waals surface area contributed by atoms with Crippen LogP contribution in [0.2, 0.25) is 0 Å². The van der Waals surface area contributed by atoms with E-state index in [1.54, 1.807) is 6.07 Å². The van der Waals surface area contributed by atoms with Gasteiger partial charge in [-0.2, -0.15) is 13.2 Å². The van der Waals surface area contributed by atoms with Gasteiger partial charge in [0.2, 0.25) is 5.54 Å². The summed E-state index contributed by atoms with van der Waals surface area (Å²) in [6, 6.07) is 10.0. The van der Waals surface area contributed by atoms with E-state index in [1.807, 2.05) is 0 Å². The lowest BCUT2D eigenvalue weighted by atomic mass is 9.87. The quantitative estimate of drug-likeness (QED) is 0.262. The lowest BCUT2D eigenvalue weighted by molar-refractivity contribution is -0.200. The lowest BCUT2D eigenvalue weighted by Gasteiger charge is -2.31. The molecule has 0 saturated heterocycles. The van der Waals surface area contributed by atoms with E-state index in [1.165, 1.54) is 43.6 Å². The third kappa shape index (κ3) is 5.87. The highest BCUT2D eigenvalue weighted by Crippen LogP contribution is 2.51. The summed E-state index contributed by atoms with van der Waals surface area (Å²) in [4.78, 5) is 28.8. The number of halogens is 4. The summed E-state index contributed by atoms with van der Waals surface area (Å²) in [6.45, 7) is -0.423. The smallest absolute Gasteiger partial charge is 0.419 e. The van der Waals surface area contributed by atoms with Gasteiger partial charge in [0.05, 0.1) is 25.5 Å². The topological polar surface area (TPSA) is 139 Å². The number of pyridine rings is 1. The van der Waals surface area contributed by atoms with Crippen molar-refractivity contribution in [2.24, 2.45) is 0 Å². The van der Waals surface area contributed by atoms with E-state index >= 15 is 0 Å². The zero-order chi connectivity index (χ0) is 31.2. The van der Waals surface area contributed by atoms with Crippen LogP contribution in [0.15, 0.2) is 48.5 Å². The van der Waals surface area contributed by atoms with Crippen molar-refractivity contribution in [1.29, 1.82) is 0 Å². The maximum absolute atomic E-state index is 14.5. The molecule has 3 aromatic rings. The number of aliphatic hydroxyl groups is 1. The number of alkyl halides is 3. The monoisotopic (exact) mass is 605 g/mol. The fourth-order valence-corrected chi connectivity index (χ4v) is 4.64. The largest absolute Gasteiger partial charge is 0.493 e. The molecule has 1 aliphatic heterocycles. The Balaban J connectivity index is 1.50. The Morgan fingerprint density at radius 3 is 2.42 bits per heavy atom. The van der Waals surface area contributed by atoms with Gasteiger partial charge in [-0.3, -0.25) is 4.79 Å². The molecular weight excluding hydrogens is 578 g/mol. The Kier molecular flexibility index (Phi) is 7.59. The van der Waals surface area contributed by atoms with Crippen molar-refractivity contribution in [3.05, 3.63) is 71.2 Å². The van der Waals surface area contributed by atoms with Crippen LogP contribution in [0.5, 0.6) is 17.2 Å². The Labute approximate surface area is 242 Å². The van der Waals surface area contributed by atoms with Crippen molar-refractivity contribution in [2.75, 3.05) is 20.3 Å². The molecule has 0 spiro atoms. The molecule has 1 aliphatic carbocycles. The van der Waals surface area contributed by atoms with Crippen LogP contribution in [0.4, 0.5) is 22.4 Å². The van der Waals surface area contributed by atoms with Crippen molar-refractivity contribution >= 4 is 12.0 Å². The summed E-state index contributed by atoms with van der Waals surface area (Å²) in [5.41, 5.74) is -6.11.